The Labute approximate surface area is 164 Å². The molecule has 0 aliphatic carbocycles. The van der Waals surface area contributed by atoms with Crippen LogP contribution in [0.5, 0.6) is 0 Å². The second-order valence-corrected chi connectivity index (χ2v) is 7.74. The number of hydrogen-bond acceptors (Lipinski definition) is 8. The highest BCUT2D eigenvalue weighted by molar-refractivity contribution is 5.75. The van der Waals surface area contributed by atoms with Gasteiger partial charge in [-0.3, -0.25) is 4.98 Å². The summed E-state index contributed by atoms with van der Waals surface area (Å²) >= 11 is 0. The van der Waals surface area contributed by atoms with E-state index in [1.807, 2.05) is 39.0 Å². The van der Waals surface area contributed by atoms with Gasteiger partial charge in [0, 0.05) is 31.6 Å². The van der Waals surface area contributed by atoms with Crippen molar-refractivity contribution in [3.63, 3.8) is 0 Å². The number of carbonyl (C=O) groups is 1. The standard InChI is InChI=1S/C20H26N4O4/c1-20(2,3)19(25)28-24-11-8-16(9-12-24)26-14-17-22-18(27-23-17)7-6-15-5-4-10-21-13-15/h4-7,10,13,16H,8-9,11-12,14H2,1-3H3/b7-6+. The van der Waals surface area contributed by atoms with Crippen LogP contribution in [0.25, 0.3) is 12.2 Å². The van der Waals surface area contributed by atoms with Gasteiger partial charge in [-0.1, -0.05) is 11.2 Å². The Morgan fingerprint density at radius 2 is 2.11 bits per heavy atom. The molecule has 0 saturated carbocycles. The highest BCUT2D eigenvalue weighted by Crippen LogP contribution is 2.20. The summed E-state index contributed by atoms with van der Waals surface area (Å²) in [5.41, 5.74) is 0.451. The van der Waals surface area contributed by atoms with Crippen LogP contribution in [0.15, 0.2) is 29.0 Å². The number of hydroxylamine groups is 2. The van der Waals surface area contributed by atoms with E-state index in [1.165, 1.54) is 0 Å². The number of aromatic nitrogens is 3. The first-order chi connectivity index (χ1) is 13.4. The van der Waals surface area contributed by atoms with Crippen molar-refractivity contribution in [3.05, 3.63) is 41.8 Å². The minimum Gasteiger partial charge on any atom is -0.370 e. The van der Waals surface area contributed by atoms with Crippen molar-refractivity contribution >= 4 is 18.1 Å². The lowest BCUT2D eigenvalue weighted by Gasteiger charge is -2.31. The number of hydrogen-bond donors (Lipinski definition) is 0. The second-order valence-electron chi connectivity index (χ2n) is 7.74. The maximum Gasteiger partial charge on any atom is 0.330 e. The highest BCUT2D eigenvalue weighted by Gasteiger charge is 2.28. The van der Waals surface area contributed by atoms with Crippen molar-refractivity contribution in [1.82, 2.24) is 20.2 Å². The van der Waals surface area contributed by atoms with Gasteiger partial charge in [0.15, 0.2) is 5.82 Å². The molecule has 0 bridgehead atoms. The van der Waals surface area contributed by atoms with E-state index in [0.717, 1.165) is 18.4 Å². The highest BCUT2D eigenvalue weighted by atomic mass is 16.7. The lowest BCUT2D eigenvalue weighted by atomic mass is 9.98. The fourth-order valence-electron chi connectivity index (χ4n) is 2.57. The molecule has 3 rings (SSSR count). The first-order valence-electron chi connectivity index (χ1n) is 9.40. The minimum atomic E-state index is -0.505. The molecule has 0 atom stereocenters. The van der Waals surface area contributed by atoms with Crippen molar-refractivity contribution in [2.75, 3.05) is 13.1 Å². The van der Waals surface area contributed by atoms with E-state index in [9.17, 15) is 4.79 Å². The van der Waals surface area contributed by atoms with Crippen molar-refractivity contribution < 1.29 is 18.9 Å². The Bertz CT molecular complexity index is 790. The van der Waals surface area contributed by atoms with Gasteiger partial charge in [-0.2, -0.15) is 4.98 Å². The molecule has 0 aromatic carbocycles. The van der Waals surface area contributed by atoms with E-state index in [1.54, 1.807) is 23.5 Å². The summed E-state index contributed by atoms with van der Waals surface area (Å²) in [5, 5.41) is 5.65. The van der Waals surface area contributed by atoms with E-state index in [2.05, 4.69) is 15.1 Å². The lowest BCUT2D eigenvalue weighted by molar-refractivity contribution is -0.209. The summed E-state index contributed by atoms with van der Waals surface area (Å²) in [4.78, 5) is 25.7. The molecule has 8 heteroatoms. The fourth-order valence-corrected chi connectivity index (χ4v) is 2.57. The molecule has 0 spiro atoms. The Morgan fingerprint density at radius 3 is 2.79 bits per heavy atom. The summed E-state index contributed by atoms with van der Waals surface area (Å²) in [6, 6.07) is 3.80. The maximum atomic E-state index is 11.9. The zero-order valence-corrected chi connectivity index (χ0v) is 16.5. The van der Waals surface area contributed by atoms with E-state index >= 15 is 0 Å². The number of nitrogens with zero attached hydrogens (tertiary/aromatic N) is 4. The minimum absolute atomic E-state index is 0.0810. The molecule has 0 amide bonds. The van der Waals surface area contributed by atoms with Crippen molar-refractivity contribution in [3.8, 4) is 0 Å². The smallest absolute Gasteiger partial charge is 0.330 e. The molecular weight excluding hydrogens is 360 g/mol. The van der Waals surface area contributed by atoms with Crippen LogP contribution < -0.4 is 0 Å². The number of ether oxygens (including phenoxy) is 1. The van der Waals surface area contributed by atoms with Gasteiger partial charge in [-0.15, -0.1) is 5.06 Å². The summed E-state index contributed by atoms with van der Waals surface area (Å²) in [7, 11) is 0. The van der Waals surface area contributed by atoms with Crippen molar-refractivity contribution in [2.24, 2.45) is 5.41 Å². The summed E-state index contributed by atoms with van der Waals surface area (Å²) in [5.74, 6) is 0.712. The average Bonchev–Trinajstić information content (AvgIpc) is 3.14. The monoisotopic (exact) mass is 386 g/mol. The van der Waals surface area contributed by atoms with Gasteiger partial charge < -0.3 is 14.1 Å². The molecule has 8 nitrogen and oxygen atoms in total. The third-order valence-corrected chi connectivity index (χ3v) is 4.26. The number of rotatable bonds is 6. The lowest BCUT2D eigenvalue weighted by Crippen LogP contribution is -2.40. The Hall–Kier alpha value is -2.58. The van der Waals surface area contributed by atoms with Crippen LogP contribution in [0.2, 0.25) is 0 Å². The van der Waals surface area contributed by atoms with Crippen LogP contribution in [0, 0.1) is 5.41 Å². The van der Waals surface area contributed by atoms with Gasteiger partial charge in [-0.25, -0.2) is 4.79 Å². The summed E-state index contributed by atoms with van der Waals surface area (Å²) in [6.07, 6.45) is 8.72. The molecule has 3 heterocycles. The van der Waals surface area contributed by atoms with Crippen LogP contribution in [-0.4, -0.2) is 45.4 Å². The quantitative estimate of drug-likeness (QED) is 0.748. The van der Waals surface area contributed by atoms with Gasteiger partial charge in [0.25, 0.3) is 5.89 Å². The van der Waals surface area contributed by atoms with Crippen LogP contribution in [0.1, 0.15) is 50.9 Å². The van der Waals surface area contributed by atoms with E-state index in [-0.39, 0.29) is 18.7 Å². The Balaban J connectivity index is 1.41. The molecule has 0 N–H and O–H groups in total. The van der Waals surface area contributed by atoms with Crippen LogP contribution >= 0.6 is 0 Å². The maximum absolute atomic E-state index is 11.9. The molecule has 150 valence electrons. The normalized spacial score (nSPS) is 16.5. The van der Waals surface area contributed by atoms with Gasteiger partial charge in [0.2, 0.25) is 0 Å². The van der Waals surface area contributed by atoms with E-state index in [4.69, 9.17) is 14.1 Å². The van der Waals surface area contributed by atoms with Gasteiger partial charge in [0.1, 0.15) is 6.61 Å². The predicted molar refractivity (Wildman–Crippen MR) is 102 cm³/mol. The molecule has 2 aromatic heterocycles. The molecule has 1 fully saturated rings. The van der Waals surface area contributed by atoms with Gasteiger partial charge >= 0.3 is 5.97 Å². The Kier molecular flexibility index (Phi) is 6.53. The van der Waals surface area contributed by atoms with E-state index < -0.39 is 5.41 Å². The first-order valence-corrected chi connectivity index (χ1v) is 9.40. The van der Waals surface area contributed by atoms with E-state index in [0.29, 0.717) is 24.8 Å². The third-order valence-electron chi connectivity index (χ3n) is 4.26. The van der Waals surface area contributed by atoms with Crippen molar-refractivity contribution in [1.29, 1.82) is 0 Å². The number of piperidine rings is 1. The van der Waals surface area contributed by atoms with Gasteiger partial charge in [-0.05, 0) is 51.3 Å². The zero-order valence-electron chi connectivity index (χ0n) is 16.5. The molecule has 1 aliphatic rings. The third kappa shape index (κ3) is 5.97. The van der Waals surface area contributed by atoms with Crippen LogP contribution in [0.4, 0.5) is 0 Å². The molecule has 0 radical (unpaired) electrons. The molecule has 0 unspecified atom stereocenters. The summed E-state index contributed by atoms with van der Waals surface area (Å²) < 4.78 is 11.1. The van der Waals surface area contributed by atoms with Crippen LogP contribution in [0.3, 0.4) is 0 Å². The Morgan fingerprint density at radius 1 is 1.32 bits per heavy atom. The van der Waals surface area contributed by atoms with Gasteiger partial charge in [0.05, 0.1) is 11.5 Å². The number of carbonyl (C=O) groups excluding carboxylic acids is 1. The molecule has 2 aromatic rings. The van der Waals surface area contributed by atoms with Crippen molar-refractivity contribution in [2.45, 2.75) is 46.3 Å². The summed E-state index contributed by atoms with van der Waals surface area (Å²) in [6.45, 7) is 7.12. The molecule has 28 heavy (non-hydrogen) atoms. The molecule has 1 saturated heterocycles. The average molecular weight is 386 g/mol. The predicted octanol–water partition coefficient (Wildman–Crippen LogP) is 3.12. The van der Waals surface area contributed by atoms with Crippen LogP contribution in [-0.2, 0) is 21.0 Å². The topological polar surface area (TPSA) is 90.6 Å². The largest absolute Gasteiger partial charge is 0.370 e. The second kappa shape index (κ2) is 9.07. The first kappa shape index (κ1) is 20.2. The zero-order chi connectivity index (χ0) is 20.0. The molecular formula is C20H26N4O4. The fraction of sp³-hybridized carbons (Fsp3) is 0.500. The molecule has 1 aliphatic heterocycles. The SMILES string of the molecule is CC(C)(C)C(=O)ON1CCC(OCc2noc(/C=C/c3cccnc3)n2)CC1. The number of pyridine rings is 1.